The fourth-order valence-electron chi connectivity index (χ4n) is 1.14. The molecular weight excluding hydrogens is 373 g/mol. The van der Waals surface area contributed by atoms with Crippen molar-refractivity contribution in [2.24, 2.45) is 5.73 Å². The van der Waals surface area contributed by atoms with E-state index < -0.39 is 48.4 Å². The van der Waals surface area contributed by atoms with E-state index in [-0.39, 0.29) is 0 Å². The van der Waals surface area contributed by atoms with Gasteiger partial charge >= 0.3 is 35.8 Å². The number of alkyl halides is 13. The van der Waals surface area contributed by atoms with Gasteiger partial charge in [0, 0.05) is 6.54 Å². The molecule has 0 bridgehead atoms. The van der Waals surface area contributed by atoms with Crippen LogP contribution in [0.25, 0.3) is 0 Å². The van der Waals surface area contributed by atoms with Crippen molar-refractivity contribution in [2.75, 3.05) is 6.54 Å². The average Bonchev–Trinajstić information content (AvgIpc) is 2.35. The molecule has 0 aromatic heterocycles. The van der Waals surface area contributed by atoms with E-state index in [1.165, 1.54) is 0 Å². The first-order chi connectivity index (χ1) is 9.73. The molecule has 0 aromatic rings. The average molecular weight is 379 g/mol. The van der Waals surface area contributed by atoms with Crippen LogP contribution in [-0.2, 0) is 0 Å². The van der Waals surface area contributed by atoms with E-state index in [1.54, 1.807) is 0 Å². The minimum Gasteiger partial charge on any atom is -0.385 e. The van der Waals surface area contributed by atoms with Crippen LogP contribution in [0, 0.1) is 0 Å². The first kappa shape index (κ1) is 22.0. The molecule has 0 aliphatic carbocycles. The van der Waals surface area contributed by atoms with Crippen LogP contribution in [0.15, 0.2) is 0 Å². The van der Waals surface area contributed by atoms with Crippen LogP contribution in [-0.4, -0.2) is 53.5 Å². The number of aliphatic hydroxyl groups is 1. The maximum atomic E-state index is 12.9. The van der Waals surface area contributed by atoms with Gasteiger partial charge in [-0.05, 0) is 0 Å². The molecular formula is C8H6F13NO. The maximum Gasteiger partial charge on any atom is 0.460 e. The zero-order chi connectivity index (χ0) is 19.3. The van der Waals surface area contributed by atoms with E-state index in [1.807, 2.05) is 0 Å². The van der Waals surface area contributed by atoms with Crippen LogP contribution in [0.4, 0.5) is 57.1 Å². The predicted molar refractivity (Wildman–Crippen MR) is 45.9 cm³/mol. The van der Waals surface area contributed by atoms with Gasteiger partial charge in [-0.3, -0.25) is 0 Å². The van der Waals surface area contributed by atoms with Crippen LogP contribution < -0.4 is 5.73 Å². The minimum absolute atomic E-state index is 1.92. The number of hydrogen-bond acceptors (Lipinski definition) is 2. The Morgan fingerprint density at radius 3 is 1.17 bits per heavy atom. The van der Waals surface area contributed by atoms with Gasteiger partial charge in [0.2, 0.25) is 0 Å². The second-order valence-electron chi connectivity index (χ2n) is 4.17. The second kappa shape index (κ2) is 5.53. The SMILES string of the molecule is NCC(O)C(F)(F)C(F)(F)C(F)(F)C(F)(F)C(F)(F)C(F)(F)F. The normalized spacial score (nSPS) is 17.3. The third-order valence-electron chi connectivity index (χ3n) is 2.60. The van der Waals surface area contributed by atoms with Gasteiger partial charge in [0.15, 0.2) is 0 Å². The minimum atomic E-state index is -7.97. The molecule has 0 saturated carbocycles. The second-order valence-corrected chi connectivity index (χ2v) is 4.17. The Morgan fingerprint density at radius 1 is 0.609 bits per heavy atom. The summed E-state index contributed by atoms with van der Waals surface area (Å²) < 4.78 is 163. The number of nitrogens with two attached hydrogens (primary N) is 1. The van der Waals surface area contributed by atoms with Gasteiger partial charge < -0.3 is 10.8 Å². The van der Waals surface area contributed by atoms with Crippen molar-refractivity contribution in [1.82, 2.24) is 0 Å². The molecule has 15 heteroatoms. The van der Waals surface area contributed by atoms with Crippen molar-refractivity contribution in [3.05, 3.63) is 0 Å². The van der Waals surface area contributed by atoms with E-state index in [9.17, 15) is 57.1 Å². The van der Waals surface area contributed by atoms with E-state index in [2.05, 4.69) is 5.73 Å². The fraction of sp³-hybridized carbons (Fsp3) is 1.00. The Hall–Kier alpha value is -0.990. The Bertz CT molecular complexity index is 428. The van der Waals surface area contributed by atoms with Gasteiger partial charge in [-0.25, -0.2) is 0 Å². The highest BCUT2D eigenvalue weighted by atomic mass is 19.4. The summed E-state index contributed by atoms with van der Waals surface area (Å²) in [7, 11) is 0. The molecule has 0 amide bonds. The lowest BCUT2D eigenvalue weighted by molar-refractivity contribution is -0.444. The lowest BCUT2D eigenvalue weighted by atomic mass is 9.91. The van der Waals surface area contributed by atoms with Crippen molar-refractivity contribution >= 4 is 0 Å². The Morgan fingerprint density at radius 2 is 0.913 bits per heavy atom. The zero-order valence-corrected chi connectivity index (χ0v) is 10.2. The van der Waals surface area contributed by atoms with E-state index in [4.69, 9.17) is 5.11 Å². The van der Waals surface area contributed by atoms with Crippen LogP contribution in [0.5, 0.6) is 0 Å². The number of rotatable bonds is 6. The summed E-state index contributed by atoms with van der Waals surface area (Å²) in [5.41, 5.74) is 4.24. The fourth-order valence-corrected chi connectivity index (χ4v) is 1.14. The highest BCUT2D eigenvalue weighted by Crippen LogP contribution is 2.60. The Labute approximate surface area is 118 Å². The first-order valence-corrected chi connectivity index (χ1v) is 5.07. The maximum absolute atomic E-state index is 12.9. The molecule has 1 unspecified atom stereocenters. The highest BCUT2D eigenvalue weighted by molar-refractivity contribution is 5.11. The molecule has 23 heavy (non-hydrogen) atoms. The van der Waals surface area contributed by atoms with E-state index in [0.29, 0.717) is 0 Å². The van der Waals surface area contributed by atoms with E-state index >= 15 is 0 Å². The topological polar surface area (TPSA) is 46.2 Å². The van der Waals surface area contributed by atoms with E-state index in [0.717, 1.165) is 0 Å². The smallest absolute Gasteiger partial charge is 0.385 e. The van der Waals surface area contributed by atoms with Gasteiger partial charge in [0.05, 0.1) is 0 Å². The monoisotopic (exact) mass is 379 g/mol. The number of aliphatic hydroxyl groups excluding tert-OH is 1. The van der Waals surface area contributed by atoms with Gasteiger partial charge in [-0.15, -0.1) is 0 Å². The molecule has 0 heterocycles. The molecule has 0 aliphatic heterocycles. The lowest BCUT2D eigenvalue weighted by Crippen LogP contribution is -2.72. The lowest BCUT2D eigenvalue weighted by Gasteiger charge is -2.40. The number of halogens is 13. The largest absolute Gasteiger partial charge is 0.460 e. The summed E-state index contributed by atoms with van der Waals surface area (Å²) in [6.45, 7) is -1.92. The van der Waals surface area contributed by atoms with Crippen molar-refractivity contribution in [1.29, 1.82) is 0 Å². The molecule has 0 aromatic carbocycles. The quantitative estimate of drug-likeness (QED) is 0.697. The van der Waals surface area contributed by atoms with Gasteiger partial charge in [0.1, 0.15) is 6.10 Å². The van der Waals surface area contributed by atoms with Gasteiger partial charge in [-0.2, -0.15) is 57.1 Å². The van der Waals surface area contributed by atoms with Crippen LogP contribution in [0.2, 0.25) is 0 Å². The van der Waals surface area contributed by atoms with Crippen molar-refractivity contribution in [3.8, 4) is 0 Å². The highest BCUT2D eigenvalue weighted by Gasteiger charge is 2.91. The molecule has 0 spiro atoms. The van der Waals surface area contributed by atoms with Crippen LogP contribution >= 0.6 is 0 Å². The van der Waals surface area contributed by atoms with Gasteiger partial charge in [-0.1, -0.05) is 0 Å². The molecule has 2 nitrogen and oxygen atoms in total. The summed E-state index contributed by atoms with van der Waals surface area (Å²) in [6, 6.07) is 0. The van der Waals surface area contributed by atoms with Crippen molar-refractivity contribution in [3.63, 3.8) is 0 Å². The molecule has 0 fully saturated rings. The van der Waals surface area contributed by atoms with Crippen LogP contribution in [0.3, 0.4) is 0 Å². The first-order valence-electron chi connectivity index (χ1n) is 5.07. The molecule has 140 valence electrons. The molecule has 1 atom stereocenters. The molecule has 0 rings (SSSR count). The van der Waals surface area contributed by atoms with Crippen LogP contribution in [0.1, 0.15) is 0 Å². The zero-order valence-electron chi connectivity index (χ0n) is 10.2. The summed E-state index contributed by atoms with van der Waals surface area (Å²) >= 11 is 0. The standard InChI is InChI=1S/C8H6F13NO/c9-3(10,2(23)1-22)4(11,12)5(13,14)6(15,16)7(17,18)8(19,20)21/h2,23H,1,22H2. The third kappa shape index (κ3) is 2.81. The summed E-state index contributed by atoms with van der Waals surface area (Å²) in [5, 5.41) is 8.37. The third-order valence-corrected chi connectivity index (χ3v) is 2.60. The Kier molecular flexibility index (Phi) is 5.29. The molecule has 0 radical (unpaired) electrons. The molecule has 0 aliphatic rings. The summed E-state index contributed by atoms with van der Waals surface area (Å²) in [6.07, 6.45) is -11.4. The Balaban J connectivity index is 6.25. The predicted octanol–water partition coefficient (Wildman–Crippen LogP) is 3.04. The van der Waals surface area contributed by atoms with Crippen molar-refractivity contribution in [2.45, 2.75) is 41.9 Å². The molecule has 3 N–H and O–H groups in total. The van der Waals surface area contributed by atoms with Gasteiger partial charge in [0.25, 0.3) is 0 Å². The molecule has 0 saturated heterocycles. The number of hydrogen-bond donors (Lipinski definition) is 2. The summed E-state index contributed by atoms with van der Waals surface area (Å²) in [5.74, 6) is -37.7. The summed E-state index contributed by atoms with van der Waals surface area (Å²) in [4.78, 5) is 0. The van der Waals surface area contributed by atoms with Crippen molar-refractivity contribution < 1.29 is 62.2 Å².